The SMILES string of the molecule is CC(C)(C)OC(=O)NC[C@H](NC(=O)OCC1c2ccccc2-c2ccccc21)C(=O)O.NCc1cccc2ccccc12. The molecule has 4 aromatic rings. The molecule has 1 aliphatic carbocycles. The molecule has 0 saturated carbocycles. The highest BCUT2D eigenvalue weighted by Gasteiger charge is 2.30. The Morgan fingerprint density at radius 1 is 0.837 bits per heavy atom. The Kier molecular flexibility index (Phi) is 10.0. The number of hydrogen-bond donors (Lipinski definition) is 4. The highest BCUT2D eigenvalue weighted by molar-refractivity contribution is 5.85. The van der Waals surface area contributed by atoms with Gasteiger partial charge in [0.2, 0.25) is 0 Å². The van der Waals surface area contributed by atoms with Crippen LogP contribution in [-0.2, 0) is 20.8 Å². The van der Waals surface area contributed by atoms with E-state index < -0.39 is 29.8 Å². The first-order chi connectivity index (χ1) is 20.6. The Hall–Kier alpha value is -4.89. The zero-order valence-electron chi connectivity index (χ0n) is 24.5. The first-order valence-corrected chi connectivity index (χ1v) is 14.0. The van der Waals surface area contributed by atoms with Crippen LogP contribution >= 0.6 is 0 Å². The minimum atomic E-state index is -1.36. The second-order valence-electron chi connectivity index (χ2n) is 11.1. The van der Waals surface area contributed by atoms with Gasteiger partial charge in [0.05, 0.1) is 6.54 Å². The molecular formula is C34H37N3O6. The highest BCUT2D eigenvalue weighted by Crippen LogP contribution is 2.44. The number of amides is 2. The highest BCUT2D eigenvalue weighted by atomic mass is 16.6. The molecule has 9 nitrogen and oxygen atoms in total. The van der Waals surface area contributed by atoms with E-state index in [1.54, 1.807) is 20.8 Å². The smallest absolute Gasteiger partial charge is 0.407 e. The van der Waals surface area contributed by atoms with E-state index in [9.17, 15) is 19.5 Å². The lowest BCUT2D eigenvalue weighted by atomic mass is 9.98. The molecule has 0 fully saturated rings. The number of alkyl carbamates (subject to hydrolysis) is 2. The summed E-state index contributed by atoms with van der Waals surface area (Å²) in [5, 5.41) is 16.5. The van der Waals surface area contributed by atoms with Crippen LogP contribution in [0.25, 0.3) is 21.9 Å². The Balaban J connectivity index is 0.000000292. The van der Waals surface area contributed by atoms with Crippen LogP contribution in [0.4, 0.5) is 9.59 Å². The zero-order chi connectivity index (χ0) is 31.0. The molecule has 5 rings (SSSR count). The molecule has 0 unspecified atom stereocenters. The Bertz CT molecular complexity index is 1550. The third-order valence-corrected chi connectivity index (χ3v) is 6.88. The second kappa shape index (κ2) is 13.8. The average molecular weight is 584 g/mol. The van der Waals surface area contributed by atoms with Gasteiger partial charge < -0.3 is 30.9 Å². The van der Waals surface area contributed by atoms with Gasteiger partial charge in [0.25, 0.3) is 0 Å². The van der Waals surface area contributed by atoms with Gasteiger partial charge in [0.1, 0.15) is 18.2 Å². The summed E-state index contributed by atoms with van der Waals surface area (Å²) in [4.78, 5) is 35.5. The molecule has 43 heavy (non-hydrogen) atoms. The van der Waals surface area contributed by atoms with Crippen LogP contribution in [0.15, 0.2) is 91.0 Å². The summed E-state index contributed by atoms with van der Waals surface area (Å²) < 4.78 is 10.4. The number of aliphatic carboxylic acids is 1. The lowest BCUT2D eigenvalue weighted by Gasteiger charge is -2.21. The molecule has 0 radical (unpaired) electrons. The number of carbonyl (C=O) groups excluding carboxylic acids is 2. The molecule has 1 aliphatic rings. The van der Waals surface area contributed by atoms with Crippen LogP contribution in [0.2, 0.25) is 0 Å². The summed E-state index contributed by atoms with van der Waals surface area (Å²) in [6.45, 7) is 5.41. The third-order valence-electron chi connectivity index (χ3n) is 6.88. The standard InChI is InChI=1S/C23H26N2O6.C11H11N/c1-23(2,3)31-21(28)24-12-19(20(26)27)25-22(29)30-13-18-16-10-6-4-8-14(16)15-9-5-7-11-17(15)18;12-8-10-6-3-5-9-4-1-2-7-11(9)10/h4-11,18-19H,12-13H2,1-3H3,(H,24,28)(H,25,29)(H,26,27);1-7H,8,12H2/t19-;/m0./s1. The molecule has 224 valence electrons. The summed E-state index contributed by atoms with van der Waals surface area (Å²) in [5.41, 5.74) is 10.4. The van der Waals surface area contributed by atoms with Crippen LogP contribution in [0.5, 0.6) is 0 Å². The number of carboxylic acids is 1. The first-order valence-electron chi connectivity index (χ1n) is 14.0. The van der Waals surface area contributed by atoms with Gasteiger partial charge >= 0.3 is 18.2 Å². The zero-order valence-corrected chi connectivity index (χ0v) is 24.5. The normalized spacial score (nSPS) is 12.7. The van der Waals surface area contributed by atoms with Crippen molar-refractivity contribution in [2.75, 3.05) is 13.2 Å². The molecule has 0 bridgehead atoms. The van der Waals surface area contributed by atoms with Crippen molar-refractivity contribution in [1.82, 2.24) is 10.6 Å². The van der Waals surface area contributed by atoms with Gasteiger partial charge in [-0.05, 0) is 59.4 Å². The third kappa shape index (κ3) is 8.11. The van der Waals surface area contributed by atoms with Crippen molar-refractivity contribution in [3.05, 3.63) is 108 Å². The van der Waals surface area contributed by atoms with E-state index in [1.807, 2.05) is 66.7 Å². The molecule has 0 spiro atoms. The number of rotatable bonds is 7. The van der Waals surface area contributed by atoms with Crippen molar-refractivity contribution in [2.45, 2.75) is 44.9 Å². The molecule has 9 heteroatoms. The maximum Gasteiger partial charge on any atom is 0.407 e. The van der Waals surface area contributed by atoms with Gasteiger partial charge in [-0.1, -0.05) is 91.0 Å². The van der Waals surface area contributed by atoms with Gasteiger partial charge in [0, 0.05) is 12.5 Å². The largest absolute Gasteiger partial charge is 0.480 e. The van der Waals surface area contributed by atoms with Crippen molar-refractivity contribution in [3.8, 4) is 11.1 Å². The lowest BCUT2D eigenvalue weighted by molar-refractivity contribution is -0.139. The Labute approximate surface area is 251 Å². The minimum absolute atomic E-state index is 0.0612. The maximum absolute atomic E-state index is 12.3. The van der Waals surface area contributed by atoms with Gasteiger partial charge in [-0.15, -0.1) is 0 Å². The van der Waals surface area contributed by atoms with Crippen LogP contribution in [0.3, 0.4) is 0 Å². The van der Waals surface area contributed by atoms with E-state index in [-0.39, 0.29) is 19.1 Å². The number of nitrogens with one attached hydrogen (secondary N) is 2. The molecule has 0 heterocycles. The summed E-state index contributed by atoms with van der Waals surface area (Å²) in [7, 11) is 0. The van der Waals surface area contributed by atoms with E-state index in [0.29, 0.717) is 6.54 Å². The number of hydrogen-bond acceptors (Lipinski definition) is 6. The fourth-order valence-electron chi connectivity index (χ4n) is 4.95. The topological polar surface area (TPSA) is 140 Å². The molecule has 5 N–H and O–H groups in total. The van der Waals surface area contributed by atoms with Gasteiger partial charge in [-0.3, -0.25) is 0 Å². The summed E-state index contributed by atoms with van der Waals surface area (Å²) in [6.07, 6.45) is -1.65. The molecule has 0 aromatic heterocycles. The van der Waals surface area contributed by atoms with E-state index in [1.165, 1.54) is 16.3 Å². The molecule has 0 aliphatic heterocycles. The fourth-order valence-corrected chi connectivity index (χ4v) is 4.95. The fraction of sp³-hybridized carbons (Fsp3) is 0.265. The van der Waals surface area contributed by atoms with E-state index in [0.717, 1.165) is 22.3 Å². The summed E-state index contributed by atoms with van der Waals surface area (Å²) >= 11 is 0. The van der Waals surface area contributed by atoms with Gasteiger partial charge in [-0.25, -0.2) is 14.4 Å². The number of carboxylic acid groups (broad SMARTS) is 1. The van der Waals surface area contributed by atoms with Crippen LogP contribution < -0.4 is 16.4 Å². The average Bonchev–Trinajstić information content (AvgIpc) is 3.30. The maximum atomic E-state index is 12.3. The Morgan fingerprint density at radius 3 is 2.02 bits per heavy atom. The first kappa shape index (κ1) is 31.1. The minimum Gasteiger partial charge on any atom is -0.480 e. The van der Waals surface area contributed by atoms with Gasteiger partial charge in [0.15, 0.2) is 0 Å². The molecule has 4 aromatic carbocycles. The van der Waals surface area contributed by atoms with Crippen molar-refractivity contribution in [1.29, 1.82) is 0 Å². The second-order valence-corrected chi connectivity index (χ2v) is 11.1. The van der Waals surface area contributed by atoms with E-state index in [4.69, 9.17) is 15.2 Å². The van der Waals surface area contributed by atoms with Crippen molar-refractivity contribution in [3.63, 3.8) is 0 Å². The van der Waals surface area contributed by atoms with Crippen molar-refractivity contribution >= 4 is 28.9 Å². The lowest BCUT2D eigenvalue weighted by Crippen LogP contribution is -2.49. The number of benzene rings is 4. The summed E-state index contributed by atoms with van der Waals surface area (Å²) in [6, 6.07) is 29.0. The Morgan fingerprint density at radius 2 is 1.42 bits per heavy atom. The van der Waals surface area contributed by atoms with Crippen LogP contribution in [0, 0.1) is 0 Å². The molecule has 0 saturated heterocycles. The monoisotopic (exact) mass is 583 g/mol. The molecule has 1 atom stereocenters. The van der Waals surface area contributed by atoms with Crippen molar-refractivity contribution < 1.29 is 29.0 Å². The molecular weight excluding hydrogens is 546 g/mol. The predicted molar refractivity (Wildman–Crippen MR) is 166 cm³/mol. The van der Waals surface area contributed by atoms with E-state index in [2.05, 4.69) is 34.9 Å². The quantitative estimate of drug-likeness (QED) is 0.216. The molecule has 2 amide bonds. The van der Waals surface area contributed by atoms with E-state index >= 15 is 0 Å². The van der Waals surface area contributed by atoms with Gasteiger partial charge in [-0.2, -0.15) is 0 Å². The van der Waals surface area contributed by atoms with Crippen molar-refractivity contribution in [2.24, 2.45) is 5.73 Å². The number of fused-ring (bicyclic) bond motifs is 4. The van der Waals surface area contributed by atoms with Crippen LogP contribution in [0.1, 0.15) is 43.4 Å². The van der Waals surface area contributed by atoms with Crippen LogP contribution in [-0.4, -0.2) is 48.1 Å². The number of nitrogens with two attached hydrogens (primary N) is 1. The number of carbonyl (C=O) groups is 3. The number of ether oxygens (including phenoxy) is 2. The summed E-state index contributed by atoms with van der Waals surface area (Å²) in [5.74, 6) is -1.44. The predicted octanol–water partition coefficient (Wildman–Crippen LogP) is 5.80.